The maximum absolute atomic E-state index is 11.6. The van der Waals surface area contributed by atoms with Gasteiger partial charge in [-0.2, -0.15) is 0 Å². The quantitative estimate of drug-likeness (QED) is 0.771. The Kier molecular flexibility index (Phi) is 2.32. The van der Waals surface area contributed by atoms with E-state index in [-0.39, 0.29) is 5.91 Å². The number of hydrogen-bond donors (Lipinski definition) is 1. The number of carbonyl (C=O) groups is 1. The Morgan fingerprint density at radius 2 is 2.64 bits per heavy atom. The second kappa shape index (κ2) is 3.63. The van der Waals surface area contributed by atoms with Crippen molar-refractivity contribution >= 4 is 22.2 Å². The summed E-state index contributed by atoms with van der Waals surface area (Å²) in [4.78, 5) is 16.5. The van der Waals surface area contributed by atoms with Gasteiger partial charge in [-0.05, 0) is 0 Å². The monoisotopic (exact) mass is 207 g/mol. The lowest BCUT2D eigenvalue weighted by Gasteiger charge is -1.99. The molecule has 0 radical (unpaired) electrons. The van der Waals surface area contributed by atoms with Gasteiger partial charge >= 0.3 is 0 Å². The van der Waals surface area contributed by atoms with Gasteiger partial charge in [0.2, 0.25) is 0 Å². The number of thiazole rings is 1. The molecule has 0 aliphatic rings. The molecule has 4 nitrogen and oxygen atoms in total. The first kappa shape index (κ1) is 8.96. The Labute approximate surface area is 84.9 Å². The van der Waals surface area contributed by atoms with E-state index < -0.39 is 0 Å². The Balaban J connectivity index is 2.29. The molecule has 2 heterocycles. The Hall–Kier alpha value is -1.62. The fourth-order valence-electron chi connectivity index (χ4n) is 1.14. The topological polar surface area (TPSA) is 46.4 Å². The van der Waals surface area contributed by atoms with Gasteiger partial charge in [0, 0.05) is 24.3 Å². The largest absolute Gasteiger partial charge is 0.347 e. The lowest BCUT2D eigenvalue weighted by Crippen LogP contribution is -2.24. The van der Waals surface area contributed by atoms with Gasteiger partial charge in [0.1, 0.15) is 5.69 Å². The van der Waals surface area contributed by atoms with Crippen LogP contribution in [0.4, 0.5) is 0 Å². The van der Waals surface area contributed by atoms with Crippen LogP contribution in [0.15, 0.2) is 30.4 Å². The molecule has 0 unspecified atom stereocenters. The van der Waals surface area contributed by atoms with Crippen molar-refractivity contribution in [1.82, 2.24) is 14.7 Å². The van der Waals surface area contributed by atoms with Gasteiger partial charge in [-0.15, -0.1) is 17.9 Å². The summed E-state index contributed by atoms with van der Waals surface area (Å²) < 4.78 is 1.77. The third kappa shape index (κ3) is 1.42. The van der Waals surface area contributed by atoms with Crippen molar-refractivity contribution in [2.75, 3.05) is 6.54 Å². The number of nitrogens with one attached hydrogen (secondary N) is 1. The number of hydrogen-bond acceptors (Lipinski definition) is 3. The van der Waals surface area contributed by atoms with E-state index in [1.54, 1.807) is 28.3 Å². The van der Waals surface area contributed by atoms with Crippen LogP contribution in [0.1, 0.15) is 10.5 Å². The van der Waals surface area contributed by atoms with Crippen LogP contribution in [0.2, 0.25) is 0 Å². The first-order chi connectivity index (χ1) is 6.83. The Bertz CT molecular complexity index is 471. The maximum atomic E-state index is 11.6. The lowest BCUT2D eigenvalue weighted by atomic mass is 10.4. The van der Waals surface area contributed by atoms with Gasteiger partial charge in [-0.3, -0.25) is 9.20 Å². The van der Waals surface area contributed by atoms with E-state index in [1.165, 1.54) is 11.3 Å². The lowest BCUT2D eigenvalue weighted by molar-refractivity contribution is 0.0952. The normalized spacial score (nSPS) is 10.3. The minimum Gasteiger partial charge on any atom is -0.347 e. The summed E-state index contributed by atoms with van der Waals surface area (Å²) in [6.07, 6.45) is 5.10. The molecule has 0 aromatic carbocycles. The van der Waals surface area contributed by atoms with Gasteiger partial charge in [0.25, 0.3) is 5.91 Å². The van der Waals surface area contributed by atoms with E-state index in [2.05, 4.69) is 16.9 Å². The summed E-state index contributed by atoms with van der Waals surface area (Å²) in [6.45, 7) is 4.01. The van der Waals surface area contributed by atoms with E-state index in [0.717, 1.165) is 4.96 Å². The zero-order chi connectivity index (χ0) is 9.97. The van der Waals surface area contributed by atoms with Crippen molar-refractivity contribution in [3.63, 3.8) is 0 Å². The molecule has 0 aliphatic carbocycles. The molecular weight excluding hydrogens is 198 g/mol. The molecule has 1 amide bonds. The highest BCUT2D eigenvalue weighted by Crippen LogP contribution is 2.13. The van der Waals surface area contributed by atoms with Crippen LogP contribution in [-0.4, -0.2) is 21.8 Å². The minimum absolute atomic E-state index is 0.103. The Morgan fingerprint density at radius 1 is 1.79 bits per heavy atom. The fourth-order valence-corrected chi connectivity index (χ4v) is 1.98. The summed E-state index contributed by atoms with van der Waals surface area (Å²) in [6, 6.07) is 0. The van der Waals surface area contributed by atoms with Gasteiger partial charge in [-0.25, -0.2) is 4.98 Å². The standard InChI is InChI=1S/C9H9N3OS/c1-2-3-10-8(13)7-6-14-9-11-4-5-12(7)9/h2,4-6H,1,3H2,(H,10,13). The molecule has 0 saturated carbocycles. The molecule has 5 heteroatoms. The van der Waals surface area contributed by atoms with Gasteiger partial charge in [0.15, 0.2) is 4.96 Å². The van der Waals surface area contributed by atoms with Gasteiger partial charge in [-0.1, -0.05) is 6.08 Å². The number of imidazole rings is 1. The van der Waals surface area contributed by atoms with Gasteiger partial charge < -0.3 is 5.32 Å². The third-order valence-electron chi connectivity index (χ3n) is 1.78. The second-order valence-electron chi connectivity index (χ2n) is 2.70. The number of fused-ring (bicyclic) bond motifs is 1. The zero-order valence-electron chi connectivity index (χ0n) is 7.43. The summed E-state index contributed by atoms with van der Waals surface area (Å²) in [7, 11) is 0. The molecule has 2 aromatic heterocycles. The number of nitrogens with zero attached hydrogens (tertiary/aromatic N) is 2. The van der Waals surface area contributed by atoms with Crippen LogP contribution in [0.3, 0.4) is 0 Å². The van der Waals surface area contributed by atoms with Crippen LogP contribution >= 0.6 is 11.3 Å². The van der Waals surface area contributed by atoms with E-state index in [0.29, 0.717) is 12.2 Å². The summed E-state index contributed by atoms with van der Waals surface area (Å²) in [5, 5.41) is 4.51. The SMILES string of the molecule is C=CCNC(=O)c1csc2nccn12. The molecular formula is C9H9N3OS. The van der Waals surface area contributed by atoms with Gasteiger partial charge in [0.05, 0.1) is 0 Å². The molecule has 1 N–H and O–H groups in total. The van der Waals surface area contributed by atoms with E-state index >= 15 is 0 Å². The molecule has 2 rings (SSSR count). The molecule has 0 fully saturated rings. The molecule has 0 atom stereocenters. The van der Waals surface area contributed by atoms with Crippen LogP contribution in [0.25, 0.3) is 4.96 Å². The van der Waals surface area contributed by atoms with Crippen molar-refractivity contribution < 1.29 is 4.79 Å². The van der Waals surface area contributed by atoms with Crippen molar-refractivity contribution in [2.24, 2.45) is 0 Å². The van der Waals surface area contributed by atoms with E-state index in [1.807, 2.05) is 0 Å². The summed E-state index contributed by atoms with van der Waals surface area (Å²) in [5.41, 5.74) is 0.615. The maximum Gasteiger partial charge on any atom is 0.269 e. The Morgan fingerprint density at radius 3 is 3.43 bits per heavy atom. The average Bonchev–Trinajstić information content (AvgIpc) is 2.74. The van der Waals surface area contributed by atoms with Crippen molar-refractivity contribution in [3.05, 3.63) is 36.1 Å². The summed E-state index contributed by atoms with van der Waals surface area (Å²) in [5.74, 6) is -0.103. The van der Waals surface area contributed by atoms with Crippen LogP contribution in [0.5, 0.6) is 0 Å². The highest BCUT2D eigenvalue weighted by Gasteiger charge is 2.10. The molecule has 0 bridgehead atoms. The second-order valence-corrected chi connectivity index (χ2v) is 3.54. The number of rotatable bonds is 3. The highest BCUT2D eigenvalue weighted by molar-refractivity contribution is 7.15. The molecule has 0 saturated heterocycles. The first-order valence-corrected chi connectivity index (χ1v) is 5.00. The van der Waals surface area contributed by atoms with Crippen LogP contribution < -0.4 is 5.32 Å². The van der Waals surface area contributed by atoms with E-state index in [9.17, 15) is 4.79 Å². The molecule has 72 valence electrons. The predicted octanol–water partition coefficient (Wildman–Crippen LogP) is 1.31. The number of carbonyl (C=O) groups excluding carboxylic acids is 1. The van der Waals surface area contributed by atoms with E-state index in [4.69, 9.17) is 0 Å². The fraction of sp³-hybridized carbons (Fsp3) is 0.111. The molecule has 2 aromatic rings. The number of amides is 1. The minimum atomic E-state index is -0.103. The van der Waals surface area contributed by atoms with Crippen molar-refractivity contribution in [1.29, 1.82) is 0 Å². The predicted molar refractivity (Wildman–Crippen MR) is 55.6 cm³/mol. The smallest absolute Gasteiger partial charge is 0.269 e. The van der Waals surface area contributed by atoms with Crippen molar-refractivity contribution in [2.45, 2.75) is 0 Å². The molecule has 0 aliphatic heterocycles. The zero-order valence-corrected chi connectivity index (χ0v) is 8.25. The summed E-state index contributed by atoms with van der Waals surface area (Å²) >= 11 is 1.45. The third-order valence-corrected chi connectivity index (χ3v) is 2.64. The molecule has 0 spiro atoms. The number of aromatic nitrogens is 2. The van der Waals surface area contributed by atoms with Crippen LogP contribution in [-0.2, 0) is 0 Å². The highest BCUT2D eigenvalue weighted by atomic mass is 32.1. The first-order valence-electron chi connectivity index (χ1n) is 4.12. The van der Waals surface area contributed by atoms with Crippen molar-refractivity contribution in [3.8, 4) is 0 Å². The molecule has 14 heavy (non-hydrogen) atoms. The van der Waals surface area contributed by atoms with Crippen LogP contribution in [0, 0.1) is 0 Å². The average molecular weight is 207 g/mol.